The lowest BCUT2D eigenvalue weighted by Crippen LogP contribution is -2.06. The second-order valence-corrected chi connectivity index (χ2v) is 4.50. The molecule has 0 aliphatic heterocycles. The van der Waals surface area contributed by atoms with Crippen molar-refractivity contribution in [1.29, 1.82) is 0 Å². The molecule has 2 aromatic rings. The average Bonchev–Trinajstić information content (AvgIpc) is 2.45. The van der Waals surface area contributed by atoms with E-state index in [1.165, 1.54) is 11.1 Å². The summed E-state index contributed by atoms with van der Waals surface area (Å²) in [4.78, 5) is 8.42. The summed E-state index contributed by atoms with van der Waals surface area (Å²) in [7, 11) is 0. The molecule has 0 saturated carbocycles. The van der Waals surface area contributed by atoms with Gasteiger partial charge in [0.15, 0.2) is 0 Å². The summed E-state index contributed by atoms with van der Waals surface area (Å²) < 4.78 is 0. The van der Waals surface area contributed by atoms with Crippen LogP contribution in [-0.2, 0) is 6.54 Å². The van der Waals surface area contributed by atoms with E-state index in [0.717, 1.165) is 31.1 Å². The predicted molar refractivity (Wildman–Crippen MR) is 79.3 cm³/mol. The zero-order valence-electron chi connectivity index (χ0n) is 11.5. The number of aromatic nitrogens is 2. The third kappa shape index (κ3) is 3.95. The Labute approximate surface area is 114 Å². The molecule has 0 saturated heterocycles. The molecule has 0 atom stereocenters. The van der Waals surface area contributed by atoms with Gasteiger partial charge in [0.2, 0.25) is 0 Å². The Morgan fingerprint density at radius 3 is 2.53 bits per heavy atom. The second-order valence-electron chi connectivity index (χ2n) is 4.50. The fourth-order valence-electron chi connectivity index (χ4n) is 1.80. The first-order valence-corrected chi connectivity index (χ1v) is 6.64. The predicted octanol–water partition coefficient (Wildman–Crippen LogP) is 3.22. The van der Waals surface area contributed by atoms with Crippen LogP contribution in [0.5, 0.6) is 0 Å². The van der Waals surface area contributed by atoms with Crippen LogP contribution >= 0.6 is 0 Å². The minimum absolute atomic E-state index is 0.775. The van der Waals surface area contributed by atoms with Crippen LogP contribution in [-0.4, -0.2) is 16.5 Å². The van der Waals surface area contributed by atoms with Gasteiger partial charge in [-0.05, 0) is 24.5 Å². The molecule has 100 valence electrons. The molecule has 19 heavy (non-hydrogen) atoms. The third-order valence-corrected chi connectivity index (χ3v) is 2.94. The van der Waals surface area contributed by atoms with Crippen molar-refractivity contribution in [3.05, 3.63) is 47.8 Å². The molecule has 0 aliphatic rings. The lowest BCUT2D eigenvalue weighted by Gasteiger charge is -2.09. The first-order valence-electron chi connectivity index (χ1n) is 6.64. The molecule has 2 rings (SSSR count). The Morgan fingerprint density at radius 2 is 1.79 bits per heavy atom. The average molecular weight is 256 g/mol. The van der Waals surface area contributed by atoms with Gasteiger partial charge >= 0.3 is 0 Å². The number of benzene rings is 1. The molecular formula is C15H20N4. The van der Waals surface area contributed by atoms with Gasteiger partial charge in [-0.2, -0.15) is 0 Å². The number of nitrogens with zero attached hydrogens (tertiary/aromatic N) is 2. The van der Waals surface area contributed by atoms with Crippen LogP contribution in [0.4, 0.5) is 11.6 Å². The highest BCUT2D eigenvalue weighted by Gasteiger charge is 2.00. The van der Waals surface area contributed by atoms with Crippen LogP contribution in [0, 0.1) is 6.92 Å². The molecule has 2 N–H and O–H groups in total. The van der Waals surface area contributed by atoms with Gasteiger partial charge in [-0.3, -0.25) is 0 Å². The van der Waals surface area contributed by atoms with Gasteiger partial charge in [-0.15, -0.1) is 0 Å². The minimum atomic E-state index is 0.775. The highest BCUT2D eigenvalue weighted by atomic mass is 15.1. The Bertz CT molecular complexity index is 525. The summed E-state index contributed by atoms with van der Waals surface area (Å²) in [6, 6.07) is 10.3. The molecule has 1 heterocycles. The molecule has 0 aliphatic carbocycles. The van der Waals surface area contributed by atoms with E-state index in [1.54, 1.807) is 6.33 Å². The molecule has 1 aromatic heterocycles. The van der Waals surface area contributed by atoms with E-state index in [-0.39, 0.29) is 0 Å². The van der Waals surface area contributed by atoms with Crippen LogP contribution < -0.4 is 10.6 Å². The maximum atomic E-state index is 4.23. The monoisotopic (exact) mass is 256 g/mol. The van der Waals surface area contributed by atoms with Gasteiger partial charge in [0, 0.05) is 19.2 Å². The Balaban J connectivity index is 1.98. The summed E-state index contributed by atoms with van der Waals surface area (Å²) in [6.07, 6.45) is 2.66. The lowest BCUT2D eigenvalue weighted by molar-refractivity contribution is 0.963. The fraction of sp³-hybridized carbons (Fsp3) is 0.333. The number of nitrogens with one attached hydrogen (secondary N) is 2. The molecule has 4 nitrogen and oxygen atoms in total. The van der Waals surface area contributed by atoms with Crippen molar-refractivity contribution in [1.82, 2.24) is 9.97 Å². The van der Waals surface area contributed by atoms with E-state index < -0.39 is 0 Å². The SMILES string of the molecule is CCCNc1cc(NCc2ccccc2C)ncn1. The number of hydrogen-bond donors (Lipinski definition) is 2. The van der Waals surface area contributed by atoms with E-state index >= 15 is 0 Å². The number of hydrogen-bond acceptors (Lipinski definition) is 4. The van der Waals surface area contributed by atoms with Crippen molar-refractivity contribution < 1.29 is 0 Å². The van der Waals surface area contributed by atoms with Gasteiger partial charge < -0.3 is 10.6 Å². The summed E-state index contributed by atoms with van der Waals surface area (Å²) in [6.45, 7) is 5.95. The van der Waals surface area contributed by atoms with E-state index in [0.29, 0.717) is 0 Å². The summed E-state index contributed by atoms with van der Waals surface area (Å²) in [5.41, 5.74) is 2.57. The number of rotatable bonds is 6. The number of aryl methyl sites for hydroxylation is 1. The van der Waals surface area contributed by atoms with Gasteiger partial charge in [-0.1, -0.05) is 31.2 Å². The second kappa shape index (κ2) is 6.73. The quantitative estimate of drug-likeness (QED) is 0.833. The topological polar surface area (TPSA) is 49.8 Å². The lowest BCUT2D eigenvalue weighted by atomic mass is 10.1. The number of anilines is 2. The van der Waals surface area contributed by atoms with Crippen molar-refractivity contribution in [2.24, 2.45) is 0 Å². The van der Waals surface area contributed by atoms with E-state index in [9.17, 15) is 0 Å². The van der Waals surface area contributed by atoms with Crippen molar-refractivity contribution in [3.63, 3.8) is 0 Å². The zero-order valence-corrected chi connectivity index (χ0v) is 11.5. The van der Waals surface area contributed by atoms with E-state index in [2.05, 4.69) is 58.7 Å². The Hall–Kier alpha value is -2.10. The van der Waals surface area contributed by atoms with Gasteiger partial charge in [0.25, 0.3) is 0 Å². The van der Waals surface area contributed by atoms with Crippen molar-refractivity contribution in [2.75, 3.05) is 17.2 Å². The highest BCUT2D eigenvalue weighted by molar-refractivity contribution is 5.47. The normalized spacial score (nSPS) is 10.2. The van der Waals surface area contributed by atoms with Crippen LogP contribution in [0.1, 0.15) is 24.5 Å². The standard InChI is InChI=1S/C15H20N4/c1-3-8-16-14-9-15(19-11-18-14)17-10-13-7-5-4-6-12(13)2/h4-7,9,11H,3,8,10H2,1-2H3,(H2,16,17,18,19). The molecular weight excluding hydrogens is 236 g/mol. The Morgan fingerprint density at radius 1 is 1.05 bits per heavy atom. The van der Waals surface area contributed by atoms with E-state index in [1.807, 2.05) is 6.07 Å². The van der Waals surface area contributed by atoms with Crippen molar-refractivity contribution >= 4 is 11.6 Å². The summed E-state index contributed by atoms with van der Waals surface area (Å²) in [5.74, 6) is 1.71. The van der Waals surface area contributed by atoms with Crippen molar-refractivity contribution in [2.45, 2.75) is 26.8 Å². The summed E-state index contributed by atoms with van der Waals surface area (Å²) >= 11 is 0. The van der Waals surface area contributed by atoms with Gasteiger partial charge in [-0.25, -0.2) is 9.97 Å². The van der Waals surface area contributed by atoms with E-state index in [4.69, 9.17) is 0 Å². The minimum Gasteiger partial charge on any atom is -0.370 e. The largest absolute Gasteiger partial charge is 0.370 e. The molecule has 0 fully saturated rings. The molecule has 1 aromatic carbocycles. The smallest absolute Gasteiger partial charge is 0.131 e. The molecule has 4 heteroatoms. The first kappa shape index (κ1) is 13.3. The maximum Gasteiger partial charge on any atom is 0.131 e. The van der Waals surface area contributed by atoms with Gasteiger partial charge in [0.1, 0.15) is 18.0 Å². The van der Waals surface area contributed by atoms with Crippen LogP contribution in [0.2, 0.25) is 0 Å². The summed E-state index contributed by atoms with van der Waals surface area (Å²) in [5, 5.41) is 6.58. The Kier molecular flexibility index (Phi) is 4.72. The molecule has 0 spiro atoms. The fourth-order valence-corrected chi connectivity index (χ4v) is 1.80. The highest BCUT2D eigenvalue weighted by Crippen LogP contribution is 2.12. The zero-order chi connectivity index (χ0) is 13.5. The third-order valence-electron chi connectivity index (χ3n) is 2.94. The molecule has 0 unspecified atom stereocenters. The van der Waals surface area contributed by atoms with Crippen LogP contribution in [0.25, 0.3) is 0 Å². The van der Waals surface area contributed by atoms with Gasteiger partial charge in [0.05, 0.1) is 0 Å². The molecule has 0 amide bonds. The first-order chi connectivity index (χ1) is 9.29. The molecule has 0 bridgehead atoms. The maximum absolute atomic E-state index is 4.23. The van der Waals surface area contributed by atoms with Crippen LogP contribution in [0.3, 0.4) is 0 Å². The molecule has 0 radical (unpaired) electrons. The van der Waals surface area contributed by atoms with Crippen molar-refractivity contribution in [3.8, 4) is 0 Å². The van der Waals surface area contributed by atoms with Crippen LogP contribution in [0.15, 0.2) is 36.7 Å².